The van der Waals surface area contributed by atoms with E-state index in [0.29, 0.717) is 19.4 Å². The first kappa shape index (κ1) is 16.6. The van der Waals surface area contributed by atoms with E-state index in [2.05, 4.69) is 47.2 Å². The van der Waals surface area contributed by atoms with E-state index in [1.54, 1.807) is 18.0 Å². The Kier molecular flexibility index (Phi) is 5.20. The number of esters is 1. The molecule has 5 heteroatoms. The Morgan fingerprint density at radius 3 is 2.79 bits per heavy atom. The van der Waals surface area contributed by atoms with Gasteiger partial charge >= 0.3 is 5.97 Å². The third-order valence-electron chi connectivity index (χ3n) is 3.72. The van der Waals surface area contributed by atoms with E-state index >= 15 is 0 Å². The molecule has 0 atom stereocenters. The number of nitrogens with one attached hydrogen (secondary N) is 1. The van der Waals surface area contributed by atoms with Gasteiger partial charge in [0, 0.05) is 27.1 Å². The minimum absolute atomic E-state index is 0.171. The Hall–Kier alpha value is -2.27. The van der Waals surface area contributed by atoms with Gasteiger partial charge in [-0.15, -0.1) is 0 Å². The molecule has 0 aliphatic heterocycles. The summed E-state index contributed by atoms with van der Waals surface area (Å²) in [6.07, 6.45) is 2.75. The maximum Gasteiger partial charge on any atom is 0.306 e. The summed E-state index contributed by atoms with van der Waals surface area (Å²) >= 11 is 1.70. The lowest BCUT2D eigenvalue weighted by molar-refractivity contribution is -0.143. The van der Waals surface area contributed by atoms with Crippen LogP contribution in [0.1, 0.15) is 24.6 Å². The van der Waals surface area contributed by atoms with Crippen molar-refractivity contribution in [2.75, 3.05) is 6.61 Å². The Balaban J connectivity index is 1.89. The summed E-state index contributed by atoms with van der Waals surface area (Å²) in [5.41, 5.74) is 3.12. The van der Waals surface area contributed by atoms with Gasteiger partial charge in [0.25, 0.3) is 0 Å². The average molecular weight is 340 g/mol. The Morgan fingerprint density at radius 2 is 2.04 bits per heavy atom. The smallest absolute Gasteiger partial charge is 0.306 e. The minimum atomic E-state index is -0.171. The Labute approximate surface area is 145 Å². The van der Waals surface area contributed by atoms with E-state index in [4.69, 9.17) is 4.74 Å². The molecule has 0 saturated carbocycles. The highest BCUT2D eigenvalue weighted by atomic mass is 32.2. The van der Waals surface area contributed by atoms with E-state index in [-0.39, 0.29) is 5.97 Å². The molecule has 24 heavy (non-hydrogen) atoms. The number of aromatic nitrogens is 2. The molecule has 4 nitrogen and oxygen atoms in total. The Morgan fingerprint density at radius 1 is 1.25 bits per heavy atom. The maximum absolute atomic E-state index is 11.7. The lowest BCUT2D eigenvalue weighted by Crippen LogP contribution is -2.05. The number of nitrogens with zero attached hydrogens (tertiary/aromatic N) is 1. The van der Waals surface area contributed by atoms with Crippen LogP contribution in [-0.4, -0.2) is 22.5 Å². The fourth-order valence-electron chi connectivity index (χ4n) is 2.53. The van der Waals surface area contributed by atoms with Crippen molar-refractivity contribution in [3.63, 3.8) is 0 Å². The normalized spacial score (nSPS) is 10.9. The molecule has 0 fully saturated rings. The van der Waals surface area contributed by atoms with Crippen molar-refractivity contribution >= 4 is 28.8 Å². The molecule has 3 rings (SSSR count). The number of pyridine rings is 1. The summed E-state index contributed by atoms with van der Waals surface area (Å²) in [6, 6.07) is 12.4. The first-order chi connectivity index (χ1) is 11.7. The fraction of sp³-hybridized carbons (Fsp3) is 0.263. The quantitative estimate of drug-likeness (QED) is 0.670. The van der Waals surface area contributed by atoms with Crippen LogP contribution >= 0.6 is 11.8 Å². The number of hydrogen-bond acceptors (Lipinski definition) is 4. The van der Waals surface area contributed by atoms with Crippen molar-refractivity contribution in [2.24, 2.45) is 0 Å². The third-order valence-corrected chi connectivity index (χ3v) is 4.90. The second-order valence-corrected chi connectivity index (χ2v) is 6.64. The van der Waals surface area contributed by atoms with Gasteiger partial charge in [0.2, 0.25) is 0 Å². The molecule has 1 aromatic carbocycles. The zero-order valence-corrected chi connectivity index (χ0v) is 14.7. The molecule has 0 unspecified atom stereocenters. The van der Waals surface area contributed by atoms with Gasteiger partial charge in [-0.1, -0.05) is 29.5 Å². The van der Waals surface area contributed by atoms with Gasteiger partial charge in [-0.25, -0.2) is 4.98 Å². The van der Waals surface area contributed by atoms with Gasteiger partial charge in [-0.3, -0.25) is 4.79 Å². The minimum Gasteiger partial charge on any atom is -0.466 e. The van der Waals surface area contributed by atoms with Gasteiger partial charge in [0.05, 0.1) is 13.0 Å². The van der Waals surface area contributed by atoms with Gasteiger partial charge in [0.1, 0.15) is 5.65 Å². The topological polar surface area (TPSA) is 55.0 Å². The van der Waals surface area contributed by atoms with Crippen LogP contribution in [0, 0.1) is 6.92 Å². The number of hydrogen-bond donors (Lipinski definition) is 1. The summed E-state index contributed by atoms with van der Waals surface area (Å²) < 4.78 is 5.03. The highest BCUT2D eigenvalue weighted by molar-refractivity contribution is 7.99. The molecule has 3 aromatic rings. The third kappa shape index (κ3) is 3.79. The molecular formula is C19H20N2O2S. The molecule has 0 bridgehead atoms. The highest BCUT2D eigenvalue weighted by Crippen LogP contribution is 2.36. The number of aryl methyl sites for hydroxylation is 2. The van der Waals surface area contributed by atoms with Gasteiger partial charge in [-0.2, -0.15) is 0 Å². The molecule has 0 spiro atoms. The summed E-state index contributed by atoms with van der Waals surface area (Å²) in [4.78, 5) is 21.7. The second-order valence-electron chi connectivity index (χ2n) is 5.55. The van der Waals surface area contributed by atoms with Crippen LogP contribution in [-0.2, 0) is 16.0 Å². The van der Waals surface area contributed by atoms with Crippen LogP contribution in [0.3, 0.4) is 0 Å². The number of H-pyrrole nitrogens is 1. The first-order valence-corrected chi connectivity index (χ1v) is 8.84. The average Bonchev–Trinajstić information content (AvgIpc) is 2.93. The van der Waals surface area contributed by atoms with E-state index in [1.165, 1.54) is 10.5 Å². The zero-order valence-electron chi connectivity index (χ0n) is 13.8. The maximum atomic E-state index is 11.7. The van der Waals surface area contributed by atoms with Crippen LogP contribution in [0.2, 0.25) is 0 Å². The monoisotopic (exact) mass is 340 g/mol. The molecular weight excluding hydrogens is 320 g/mol. The summed E-state index contributed by atoms with van der Waals surface area (Å²) in [6.45, 7) is 4.32. The number of carbonyl (C=O) groups excluding carboxylic acids is 1. The van der Waals surface area contributed by atoms with Crippen LogP contribution in [0.5, 0.6) is 0 Å². The van der Waals surface area contributed by atoms with Gasteiger partial charge < -0.3 is 9.72 Å². The van der Waals surface area contributed by atoms with Crippen molar-refractivity contribution in [3.05, 3.63) is 53.9 Å². The van der Waals surface area contributed by atoms with Gasteiger partial charge in [0.15, 0.2) is 0 Å². The van der Waals surface area contributed by atoms with Crippen LogP contribution in [0.4, 0.5) is 0 Å². The van der Waals surface area contributed by atoms with Crippen LogP contribution < -0.4 is 0 Å². The summed E-state index contributed by atoms with van der Waals surface area (Å²) in [5.74, 6) is -0.171. The van der Waals surface area contributed by atoms with Crippen molar-refractivity contribution in [1.82, 2.24) is 9.97 Å². The van der Waals surface area contributed by atoms with Gasteiger partial charge in [-0.05, 0) is 44.5 Å². The number of rotatable bonds is 6. The molecule has 0 aliphatic rings. The predicted molar refractivity (Wildman–Crippen MR) is 96.3 cm³/mol. The number of carbonyl (C=O) groups is 1. The molecule has 124 valence electrons. The molecule has 0 saturated heterocycles. The standard InChI is InChI=1S/C19H20N2O2S/c1-3-23-17(22)11-10-16-18(15-5-4-12-20-19(15)21-16)24-14-8-6-13(2)7-9-14/h4-9,12H,3,10-11H2,1-2H3,(H,20,21). The molecule has 0 radical (unpaired) electrons. The lowest BCUT2D eigenvalue weighted by atomic mass is 10.2. The van der Waals surface area contributed by atoms with E-state index in [0.717, 1.165) is 21.6 Å². The molecule has 0 aliphatic carbocycles. The van der Waals surface area contributed by atoms with Crippen LogP contribution in [0.15, 0.2) is 52.4 Å². The molecule has 1 N–H and O–H groups in total. The predicted octanol–water partition coefficient (Wildman–Crippen LogP) is 4.52. The molecule has 2 aromatic heterocycles. The van der Waals surface area contributed by atoms with E-state index in [1.807, 2.05) is 13.0 Å². The second kappa shape index (κ2) is 7.53. The molecule has 0 amide bonds. The zero-order chi connectivity index (χ0) is 16.9. The van der Waals surface area contributed by atoms with Crippen molar-refractivity contribution in [2.45, 2.75) is 36.5 Å². The highest BCUT2D eigenvalue weighted by Gasteiger charge is 2.15. The van der Waals surface area contributed by atoms with Crippen LogP contribution in [0.25, 0.3) is 11.0 Å². The number of ether oxygens (including phenoxy) is 1. The first-order valence-electron chi connectivity index (χ1n) is 8.03. The largest absolute Gasteiger partial charge is 0.466 e. The number of fused-ring (bicyclic) bond motifs is 1. The SMILES string of the molecule is CCOC(=O)CCc1[nH]c2ncccc2c1Sc1ccc(C)cc1. The summed E-state index contributed by atoms with van der Waals surface area (Å²) in [7, 11) is 0. The Bertz CT molecular complexity index is 840. The van der Waals surface area contributed by atoms with E-state index < -0.39 is 0 Å². The van der Waals surface area contributed by atoms with Crippen molar-refractivity contribution in [1.29, 1.82) is 0 Å². The fourth-order valence-corrected chi connectivity index (χ4v) is 3.59. The number of aromatic amines is 1. The van der Waals surface area contributed by atoms with Crippen molar-refractivity contribution in [3.8, 4) is 0 Å². The van der Waals surface area contributed by atoms with E-state index in [9.17, 15) is 4.79 Å². The van der Waals surface area contributed by atoms with Crippen molar-refractivity contribution < 1.29 is 9.53 Å². The lowest BCUT2D eigenvalue weighted by Gasteiger charge is -2.06. The molecule has 2 heterocycles. The number of benzene rings is 1. The summed E-state index contributed by atoms with van der Waals surface area (Å²) in [5, 5.41) is 1.09.